The first-order valence-electron chi connectivity index (χ1n) is 4.17. The highest BCUT2D eigenvalue weighted by molar-refractivity contribution is 7.90. The molecule has 1 aromatic rings. The van der Waals surface area contributed by atoms with Gasteiger partial charge in [-0.1, -0.05) is 0 Å². The van der Waals surface area contributed by atoms with E-state index in [0.717, 1.165) is 0 Å². The van der Waals surface area contributed by atoms with E-state index in [1.54, 1.807) is 11.7 Å². The van der Waals surface area contributed by atoms with Crippen LogP contribution < -0.4 is 5.73 Å². The van der Waals surface area contributed by atoms with Gasteiger partial charge in [0.15, 0.2) is 0 Å². The third-order valence-corrected chi connectivity index (χ3v) is 2.85. The van der Waals surface area contributed by atoms with Gasteiger partial charge in [-0.2, -0.15) is 5.10 Å². The summed E-state index contributed by atoms with van der Waals surface area (Å²) < 4.78 is 23.3. The van der Waals surface area contributed by atoms with Crippen molar-refractivity contribution in [3.8, 4) is 0 Å². The lowest BCUT2D eigenvalue weighted by Crippen LogP contribution is -2.19. The molecule has 0 aromatic carbocycles. The SMILES string of the molecule is Cn1ncnc1C(N)CCS(C)(=O)=O. The van der Waals surface area contributed by atoms with E-state index in [4.69, 9.17) is 5.73 Å². The van der Waals surface area contributed by atoms with E-state index in [0.29, 0.717) is 12.2 Å². The van der Waals surface area contributed by atoms with E-state index in [1.165, 1.54) is 12.6 Å². The Kier molecular flexibility index (Phi) is 3.22. The van der Waals surface area contributed by atoms with Crippen molar-refractivity contribution in [2.24, 2.45) is 12.8 Å². The molecule has 0 spiro atoms. The van der Waals surface area contributed by atoms with Crippen LogP contribution in [0.4, 0.5) is 0 Å². The summed E-state index contributed by atoms with van der Waals surface area (Å²) in [6.45, 7) is 0. The van der Waals surface area contributed by atoms with Gasteiger partial charge in [0.05, 0.1) is 11.8 Å². The highest BCUT2D eigenvalue weighted by atomic mass is 32.2. The Morgan fingerprint density at radius 3 is 2.71 bits per heavy atom. The summed E-state index contributed by atoms with van der Waals surface area (Å²) in [6.07, 6.45) is 2.96. The van der Waals surface area contributed by atoms with E-state index in [1.807, 2.05) is 0 Å². The fourth-order valence-corrected chi connectivity index (χ4v) is 1.79. The summed E-state index contributed by atoms with van der Waals surface area (Å²) in [5.74, 6) is 0.676. The molecule has 0 aliphatic rings. The number of hydrogen-bond acceptors (Lipinski definition) is 5. The molecule has 0 saturated heterocycles. The number of rotatable bonds is 4. The van der Waals surface area contributed by atoms with Gasteiger partial charge in [-0.15, -0.1) is 0 Å². The molecule has 7 heteroatoms. The molecule has 0 radical (unpaired) electrons. The van der Waals surface area contributed by atoms with Crippen LogP contribution >= 0.6 is 0 Å². The highest BCUT2D eigenvalue weighted by Gasteiger charge is 2.14. The van der Waals surface area contributed by atoms with Gasteiger partial charge >= 0.3 is 0 Å². The van der Waals surface area contributed by atoms with Gasteiger partial charge in [0.2, 0.25) is 0 Å². The molecule has 1 heterocycles. The zero-order chi connectivity index (χ0) is 10.8. The molecule has 0 saturated carbocycles. The minimum atomic E-state index is -2.96. The van der Waals surface area contributed by atoms with Crippen LogP contribution in [0.25, 0.3) is 0 Å². The lowest BCUT2D eigenvalue weighted by atomic mass is 10.2. The van der Waals surface area contributed by atoms with Crippen LogP contribution in [0.1, 0.15) is 18.3 Å². The number of hydrogen-bond donors (Lipinski definition) is 1. The topological polar surface area (TPSA) is 90.9 Å². The van der Waals surface area contributed by atoms with E-state index < -0.39 is 9.84 Å². The lowest BCUT2D eigenvalue weighted by molar-refractivity contribution is 0.570. The van der Waals surface area contributed by atoms with Crippen LogP contribution in [0.3, 0.4) is 0 Å². The lowest BCUT2D eigenvalue weighted by Gasteiger charge is -2.09. The predicted octanol–water partition coefficient (Wildman–Crippen LogP) is -0.750. The van der Waals surface area contributed by atoms with Crippen molar-refractivity contribution in [2.45, 2.75) is 12.5 Å². The van der Waals surface area contributed by atoms with Crippen molar-refractivity contribution in [3.63, 3.8) is 0 Å². The summed E-state index contributed by atoms with van der Waals surface area (Å²) in [4.78, 5) is 3.95. The zero-order valence-electron chi connectivity index (χ0n) is 8.21. The summed E-state index contributed by atoms with van der Waals surface area (Å²) in [5.41, 5.74) is 5.76. The molecule has 80 valence electrons. The minimum absolute atomic E-state index is 0.0705. The average Bonchev–Trinajstić information content (AvgIpc) is 2.46. The Morgan fingerprint density at radius 2 is 2.29 bits per heavy atom. The fourth-order valence-electron chi connectivity index (χ4n) is 1.11. The van der Waals surface area contributed by atoms with Gasteiger partial charge in [-0.3, -0.25) is 4.68 Å². The molecule has 1 unspecified atom stereocenters. The van der Waals surface area contributed by atoms with Crippen molar-refractivity contribution in [2.75, 3.05) is 12.0 Å². The normalized spacial score (nSPS) is 14.2. The van der Waals surface area contributed by atoms with E-state index in [2.05, 4.69) is 10.1 Å². The first-order valence-corrected chi connectivity index (χ1v) is 6.23. The predicted molar refractivity (Wildman–Crippen MR) is 52.3 cm³/mol. The second-order valence-corrected chi connectivity index (χ2v) is 5.53. The van der Waals surface area contributed by atoms with Gasteiger partial charge in [-0.25, -0.2) is 13.4 Å². The smallest absolute Gasteiger partial charge is 0.147 e. The molecule has 1 aromatic heterocycles. The molecule has 6 nitrogen and oxygen atoms in total. The second kappa shape index (κ2) is 4.05. The number of nitrogens with zero attached hydrogens (tertiary/aromatic N) is 3. The van der Waals surface area contributed by atoms with Crippen molar-refractivity contribution >= 4 is 9.84 Å². The summed E-state index contributed by atoms with van der Waals surface area (Å²) in [5, 5.41) is 3.86. The Labute approximate surface area is 83.0 Å². The van der Waals surface area contributed by atoms with Crippen molar-refractivity contribution < 1.29 is 8.42 Å². The molecule has 0 aliphatic carbocycles. The third kappa shape index (κ3) is 3.08. The molecule has 0 aliphatic heterocycles. The Hall–Kier alpha value is -0.950. The average molecular weight is 218 g/mol. The van der Waals surface area contributed by atoms with Crippen molar-refractivity contribution in [1.29, 1.82) is 0 Å². The Bertz CT molecular complexity index is 398. The standard InChI is InChI=1S/C7H14N4O2S/c1-11-7(9-5-10-11)6(8)3-4-14(2,12)13/h5-6H,3-4,8H2,1-2H3. The molecular formula is C7H14N4O2S. The maximum Gasteiger partial charge on any atom is 0.147 e. The zero-order valence-corrected chi connectivity index (χ0v) is 9.03. The summed E-state index contributed by atoms with van der Waals surface area (Å²) >= 11 is 0. The first-order chi connectivity index (χ1) is 6.40. The van der Waals surface area contributed by atoms with E-state index >= 15 is 0 Å². The van der Waals surface area contributed by atoms with E-state index in [-0.39, 0.29) is 11.8 Å². The third-order valence-electron chi connectivity index (χ3n) is 1.88. The van der Waals surface area contributed by atoms with Gasteiger partial charge in [-0.05, 0) is 6.42 Å². The first kappa shape index (κ1) is 11.1. The van der Waals surface area contributed by atoms with Crippen molar-refractivity contribution in [3.05, 3.63) is 12.2 Å². The largest absolute Gasteiger partial charge is 0.321 e. The monoisotopic (exact) mass is 218 g/mol. The Morgan fingerprint density at radius 1 is 1.64 bits per heavy atom. The van der Waals surface area contributed by atoms with Gasteiger partial charge < -0.3 is 5.73 Å². The van der Waals surface area contributed by atoms with Crippen molar-refractivity contribution in [1.82, 2.24) is 14.8 Å². The molecular weight excluding hydrogens is 204 g/mol. The van der Waals surface area contributed by atoms with Gasteiger partial charge in [0.1, 0.15) is 22.0 Å². The minimum Gasteiger partial charge on any atom is -0.321 e. The molecule has 0 amide bonds. The maximum atomic E-state index is 10.9. The van der Waals surface area contributed by atoms with Crippen LogP contribution in [0, 0.1) is 0 Å². The second-order valence-electron chi connectivity index (χ2n) is 3.27. The molecule has 1 rings (SSSR count). The summed E-state index contributed by atoms with van der Waals surface area (Å²) in [6, 6.07) is -0.378. The van der Waals surface area contributed by atoms with Gasteiger partial charge in [0, 0.05) is 13.3 Å². The quantitative estimate of drug-likeness (QED) is 0.718. The van der Waals surface area contributed by atoms with Crippen LogP contribution in [0.5, 0.6) is 0 Å². The van der Waals surface area contributed by atoms with Crippen LogP contribution in [-0.2, 0) is 16.9 Å². The van der Waals surface area contributed by atoms with Crippen LogP contribution in [-0.4, -0.2) is 35.2 Å². The number of sulfone groups is 1. The van der Waals surface area contributed by atoms with Crippen LogP contribution in [0.2, 0.25) is 0 Å². The van der Waals surface area contributed by atoms with Crippen LogP contribution in [0.15, 0.2) is 6.33 Å². The molecule has 14 heavy (non-hydrogen) atoms. The highest BCUT2D eigenvalue weighted by Crippen LogP contribution is 2.10. The number of aryl methyl sites for hydroxylation is 1. The molecule has 0 bridgehead atoms. The number of nitrogens with two attached hydrogens (primary N) is 1. The molecule has 2 N–H and O–H groups in total. The maximum absolute atomic E-state index is 10.9. The molecule has 1 atom stereocenters. The Balaban J connectivity index is 2.60. The van der Waals surface area contributed by atoms with Gasteiger partial charge in [0.25, 0.3) is 0 Å². The molecule has 0 fully saturated rings. The summed E-state index contributed by atoms with van der Waals surface area (Å²) in [7, 11) is -1.24. The fraction of sp³-hybridized carbons (Fsp3) is 0.714. The number of aromatic nitrogens is 3. The van der Waals surface area contributed by atoms with E-state index in [9.17, 15) is 8.42 Å².